The Kier molecular flexibility index (Phi) is 14.2. The molecule has 0 spiro atoms. The lowest BCUT2D eigenvalue weighted by molar-refractivity contribution is -0.144. The summed E-state index contributed by atoms with van der Waals surface area (Å²) in [4.78, 5) is 49.9. The van der Waals surface area contributed by atoms with Gasteiger partial charge in [0.1, 0.15) is 18.1 Å². The van der Waals surface area contributed by atoms with Crippen LogP contribution in [-0.4, -0.2) is 65.0 Å². The Morgan fingerprint density at radius 3 is 1.91 bits per heavy atom. The fourth-order valence-corrected chi connectivity index (χ4v) is 3.56. The number of nitrogens with one attached hydrogen (secondary N) is 3. The number of carbonyl (C=O) groups is 4. The molecule has 0 radical (unpaired) electrons. The Bertz CT molecular complexity index is 629. The fraction of sp³-hybridized carbons (Fsp3) is 0.818. The highest BCUT2D eigenvalue weighted by atomic mass is 32.2. The Hall–Kier alpha value is -1.81. The minimum Gasteiger partial charge on any atom is -0.480 e. The summed E-state index contributed by atoms with van der Waals surface area (Å²) in [6.45, 7) is 11.0. The van der Waals surface area contributed by atoms with Crippen molar-refractivity contribution in [1.29, 1.82) is 0 Å². The van der Waals surface area contributed by atoms with Gasteiger partial charge in [-0.25, -0.2) is 4.79 Å². The zero-order chi connectivity index (χ0) is 25.0. The van der Waals surface area contributed by atoms with Crippen LogP contribution in [-0.2, 0) is 19.2 Å². The number of carboxylic acid groups (broad SMARTS) is 1. The molecular weight excluding hydrogens is 432 g/mol. The van der Waals surface area contributed by atoms with Gasteiger partial charge in [-0.15, -0.1) is 0 Å². The summed E-state index contributed by atoms with van der Waals surface area (Å²) in [6, 6.07) is -3.56. The van der Waals surface area contributed by atoms with Crippen molar-refractivity contribution in [2.75, 3.05) is 12.0 Å². The van der Waals surface area contributed by atoms with Crippen LogP contribution in [0.3, 0.4) is 0 Å². The van der Waals surface area contributed by atoms with Crippen molar-refractivity contribution in [1.82, 2.24) is 16.0 Å². The molecule has 186 valence electrons. The molecule has 32 heavy (non-hydrogen) atoms. The molecule has 0 saturated carbocycles. The first-order valence-corrected chi connectivity index (χ1v) is 12.6. The molecule has 0 aromatic carbocycles. The standard InChI is InChI=1S/C22H42N4O5S/c1-8-14(6)18(22(30)31)26-20(28)16(11-12(2)3)24-21(29)17(13(4)5)25-19(27)15(23)9-10-32-7/h12-18H,8-11,23H2,1-7H3,(H,24,29)(H,25,27)(H,26,28)(H,30,31). The predicted octanol–water partition coefficient (Wildman–Crippen LogP) is 1.35. The van der Waals surface area contributed by atoms with Gasteiger partial charge in [-0.2, -0.15) is 11.8 Å². The monoisotopic (exact) mass is 474 g/mol. The first-order chi connectivity index (χ1) is 14.8. The van der Waals surface area contributed by atoms with E-state index in [1.807, 2.05) is 27.0 Å². The van der Waals surface area contributed by atoms with Crippen molar-refractivity contribution < 1.29 is 24.3 Å². The van der Waals surface area contributed by atoms with E-state index in [4.69, 9.17) is 5.73 Å². The van der Waals surface area contributed by atoms with E-state index in [0.29, 0.717) is 19.3 Å². The number of carboxylic acids is 1. The van der Waals surface area contributed by atoms with E-state index < -0.39 is 47.9 Å². The first-order valence-electron chi connectivity index (χ1n) is 11.2. The SMILES string of the molecule is CCC(C)C(NC(=O)C(CC(C)C)NC(=O)C(NC(=O)C(N)CCSC)C(C)C)C(=O)O. The molecule has 0 fully saturated rings. The molecule has 0 bridgehead atoms. The first kappa shape index (κ1) is 30.2. The van der Waals surface area contributed by atoms with Gasteiger partial charge in [-0.1, -0.05) is 48.0 Å². The van der Waals surface area contributed by atoms with Crippen molar-refractivity contribution in [2.24, 2.45) is 23.5 Å². The van der Waals surface area contributed by atoms with Crippen LogP contribution in [0.25, 0.3) is 0 Å². The van der Waals surface area contributed by atoms with Crippen molar-refractivity contribution in [2.45, 2.75) is 85.0 Å². The molecule has 0 aliphatic rings. The maximum absolute atomic E-state index is 13.0. The van der Waals surface area contributed by atoms with E-state index >= 15 is 0 Å². The second-order valence-corrected chi connectivity index (χ2v) is 10.0. The summed E-state index contributed by atoms with van der Waals surface area (Å²) in [6.07, 6.45) is 3.32. The molecule has 0 heterocycles. The van der Waals surface area contributed by atoms with Crippen molar-refractivity contribution in [3.8, 4) is 0 Å². The second kappa shape index (κ2) is 15.1. The van der Waals surface area contributed by atoms with E-state index in [9.17, 15) is 24.3 Å². The summed E-state index contributed by atoms with van der Waals surface area (Å²) in [5.41, 5.74) is 5.92. The van der Waals surface area contributed by atoms with Crippen LogP contribution in [0, 0.1) is 17.8 Å². The molecule has 3 amide bonds. The fourth-order valence-electron chi connectivity index (χ4n) is 3.07. The second-order valence-electron chi connectivity index (χ2n) is 9.02. The van der Waals surface area contributed by atoms with Gasteiger partial charge in [0.05, 0.1) is 6.04 Å². The normalized spacial score (nSPS) is 16.1. The van der Waals surface area contributed by atoms with Gasteiger partial charge >= 0.3 is 5.97 Å². The number of rotatable bonds is 15. The summed E-state index contributed by atoms with van der Waals surface area (Å²) in [5.74, 6) is -2.28. The predicted molar refractivity (Wildman–Crippen MR) is 128 cm³/mol. The molecule has 0 aliphatic heterocycles. The van der Waals surface area contributed by atoms with Crippen LogP contribution < -0.4 is 21.7 Å². The average Bonchev–Trinajstić information content (AvgIpc) is 2.71. The lowest BCUT2D eigenvalue weighted by atomic mass is 9.97. The number of aliphatic carboxylic acids is 1. The number of thioether (sulfide) groups is 1. The number of hydrogen-bond acceptors (Lipinski definition) is 6. The van der Waals surface area contributed by atoms with Crippen LogP contribution in [0.2, 0.25) is 0 Å². The topological polar surface area (TPSA) is 151 Å². The molecule has 0 aromatic heterocycles. The molecule has 0 saturated heterocycles. The molecule has 9 nitrogen and oxygen atoms in total. The number of amides is 3. The molecule has 5 unspecified atom stereocenters. The third-order valence-corrected chi connectivity index (χ3v) is 5.98. The molecule has 0 aromatic rings. The summed E-state index contributed by atoms with van der Waals surface area (Å²) < 4.78 is 0. The van der Waals surface area contributed by atoms with Crippen LogP contribution in [0.4, 0.5) is 0 Å². The van der Waals surface area contributed by atoms with Gasteiger partial charge in [-0.3, -0.25) is 14.4 Å². The van der Waals surface area contributed by atoms with Crippen LogP contribution in [0.5, 0.6) is 0 Å². The minimum absolute atomic E-state index is 0.0741. The molecule has 6 N–H and O–H groups in total. The van der Waals surface area contributed by atoms with E-state index in [2.05, 4.69) is 16.0 Å². The van der Waals surface area contributed by atoms with Gasteiger partial charge in [0, 0.05) is 0 Å². The van der Waals surface area contributed by atoms with E-state index in [1.54, 1.807) is 32.5 Å². The smallest absolute Gasteiger partial charge is 0.326 e. The van der Waals surface area contributed by atoms with E-state index in [-0.39, 0.29) is 17.8 Å². The Morgan fingerprint density at radius 2 is 1.47 bits per heavy atom. The molecule has 10 heteroatoms. The van der Waals surface area contributed by atoms with E-state index in [1.165, 1.54) is 0 Å². The van der Waals surface area contributed by atoms with Gasteiger partial charge < -0.3 is 26.8 Å². The van der Waals surface area contributed by atoms with Gasteiger partial charge in [0.15, 0.2) is 0 Å². The summed E-state index contributed by atoms with van der Waals surface area (Å²) in [5, 5.41) is 17.5. The van der Waals surface area contributed by atoms with Gasteiger partial charge in [-0.05, 0) is 42.6 Å². The molecule has 5 atom stereocenters. The van der Waals surface area contributed by atoms with E-state index in [0.717, 1.165) is 5.75 Å². The number of carbonyl (C=O) groups excluding carboxylic acids is 3. The van der Waals surface area contributed by atoms with Crippen molar-refractivity contribution >= 4 is 35.5 Å². The van der Waals surface area contributed by atoms with Crippen LogP contribution in [0.15, 0.2) is 0 Å². The van der Waals surface area contributed by atoms with Crippen LogP contribution >= 0.6 is 11.8 Å². The summed E-state index contributed by atoms with van der Waals surface area (Å²) >= 11 is 1.58. The quantitative estimate of drug-likeness (QED) is 0.240. The lowest BCUT2D eigenvalue weighted by Crippen LogP contribution is -2.59. The largest absolute Gasteiger partial charge is 0.480 e. The molecule has 0 rings (SSSR count). The Balaban J connectivity index is 5.43. The average molecular weight is 475 g/mol. The zero-order valence-corrected chi connectivity index (χ0v) is 21.3. The number of nitrogens with two attached hydrogens (primary N) is 1. The Morgan fingerprint density at radius 1 is 0.906 bits per heavy atom. The van der Waals surface area contributed by atoms with Gasteiger partial charge in [0.25, 0.3) is 0 Å². The Labute approximate surface area is 196 Å². The maximum atomic E-state index is 13.0. The van der Waals surface area contributed by atoms with Gasteiger partial charge in [0.2, 0.25) is 17.7 Å². The molecular formula is C22H42N4O5S. The molecule has 0 aliphatic carbocycles. The minimum atomic E-state index is -1.12. The third kappa shape index (κ3) is 10.7. The third-order valence-electron chi connectivity index (χ3n) is 5.33. The highest BCUT2D eigenvalue weighted by Crippen LogP contribution is 2.12. The maximum Gasteiger partial charge on any atom is 0.326 e. The summed E-state index contributed by atoms with van der Waals surface area (Å²) in [7, 11) is 0. The van der Waals surface area contributed by atoms with Crippen molar-refractivity contribution in [3.63, 3.8) is 0 Å². The zero-order valence-electron chi connectivity index (χ0n) is 20.4. The lowest BCUT2D eigenvalue weighted by Gasteiger charge is -2.28. The number of hydrogen-bond donors (Lipinski definition) is 5. The van der Waals surface area contributed by atoms with Crippen molar-refractivity contribution in [3.05, 3.63) is 0 Å². The van der Waals surface area contributed by atoms with Crippen LogP contribution in [0.1, 0.15) is 60.8 Å². The highest BCUT2D eigenvalue weighted by molar-refractivity contribution is 7.98. The highest BCUT2D eigenvalue weighted by Gasteiger charge is 2.33.